The quantitative estimate of drug-likeness (QED) is 0.923. The molecule has 0 radical (unpaired) electrons. The maximum Gasteiger partial charge on any atom is 0.250 e. The van der Waals surface area contributed by atoms with Gasteiger partial charge in [-0.3, -0.25) is 9.69 Å². The van der Waals surface area contributed by atoms with Crippen LogP contribution < -0.4 is 5.56 Å². The summed E-state index contributed by atoms with van der Waals surface area (Å²) in [5.41, 5.74) is 3.91. The van der Waals surface area contributed by atoms with E-state index in [1.807, 2.05) is 0 Å². The summed E-state index contributed by atoms with van der Waals surface area (Å²) in [6.07, 6.45) is 6.16. The molecule has 1 unspecified atom stereocenters. The first-order valence-electron chi connectivity index (χ1n) is 8.15. The second-order valence-corrected chi connectivity index (χ2v) is 6.50. The second kappa shape index (κ2) is 5.69. The molecule has 2 aromatic rings. The standard InChI is InChI=1S/C18H21N3O/c22-18-10-17(19-12-20-18)15-6-3-7-21(11-15)16-8-13-4-1-2-5-14(13)9-16/h1-2,4-5,10,12,15-16H,3,6-9,11H2,(H,19,20,22). The number of nitrogens with zero attached hydrogens (tertiary/aromatic N) is 2. The largest absolute Gasteiger partial charge is 0.313 e. The van der Waals surface area contributed by atoms with Crippen LogP contribution in [0.3, 0.4) is 0 Å². The summed E-state index contributed by atoms with van der Waals surface area (Å²) in [5, 5.41) is 0. The van der Waals surface area contributed by atoms with Gasteiger partial charge in [0.2, 0.25) is 0 Å². The van der Waals surface area contributed by atoms with Crippen molar-refractivity contribution < 1.29 is 0 Å². The average molecular weight is 295 g/mol. The van der Waals surface area contributed by atoms with Gasteiger partial charge in [0.1, 0.15) is 0 Å². The summed E-state index contributed by atoms with van der Waals surface area (Å²) in [5.74, 6) is 0.389. The van der Waals surface area contributed by atoms with E-state index in [0.717, 1.165) is 31.5 Å². The minimum atomic E-state index is -0.0459. The molecule has 4 nitrogen and oxygen atoms in total. The number of aromatic nitrogens is 2. The fraction of sp³-hybridized carbons (Fsp3) is 0.444. The second-order valence-electron chi connectivity index (χ2n) is 6.50. The maximum atomic E-state index is 11.5. The van der Waals surface area contributed by atoms with Crippen LogP contribution in [0.25, 0.3) is 0 Å². The highest BCUT2D eigenvalue weighted by Gasteiger charge is 2.31. The third kappa shape index (κ3) is 2.59. The Morgan fingerprint density at radius 3 is 2.68 bits per heavy atom. The molecule has 2 aliphatic rings. The molecule has 22 heavy (non-hydrogen) atoms. The third-order valence-electron chi connectivity index (χ3n) is 5.12. The van der Waals surface area contributed by atoms with E-state index in [0.29, 0.717) is 12.0 Å². The number of hydrogen-bond donors (Lipinski definition) is 1. The fourth-order valence-electron chi connectivity index (χ4n) is 3.98. The van der Waals surface area contributed by atoms with Crippen LogP contribution in [0.1, 0.15) is 35.6 Å². The Bertz CT molecular complexity index is 699. The molecule has 0 bridgehead atoms. The Balaban J connectivity index is 1.49. The first kappa shape index (κ1) is 13.7. The van der Waals surface area contributed by atoms with Crippen LogP contribution in [0.15, 0.2) is 41.5 Å². The molecule has 1 aliphatic heterocycles. The number of fused-ring (bicyclic) bond motifs is 1. The van der Waals surface area contributed by atoms with E-state index < -0.39 is 0 Å². The van der Waals surface area contributed by atoms with Crippen LogP contribution in [-0.2, 0) is 12.8 Å². The van der Waals surface area contributed by atoms with E-state index >= 15 is 0 Å². The first-order chi connectivity index (χ1) is 10.8. The predicted octanol–water partition coefficient (Wildman–Crippen LogP) is 2.12. The summed E-state index contributed by atoms with van der Waals surface area (Å²) in [6.45, 7) is 2.19. The zero-order chi connectivity index (χ0) is 14.9. The van der Waals surface area contributed by atoms with Crippen molar-refractivity contribution in [3.8, 4) is 0 Å². The van der Waals surface area contributed by atoms with Crippen molar-refractivity contribution in [2.24, 2.45) is 0 Å². The van der Waals surface area contributed by atoms with E-state index in [1.165, 1.54) is 30.4 Å². The van der Waals surface area contributed by atoms with Crippen molar-refractivity contribution in [2.45, 2.75) is 37.6 Å². The average Bonchev–Trinajstić information content (AvgIpc) is 2.99. The van der Waals surface area contributed by atoms with Crippen molar-refractivity contribution in [1.29, 1.82) is 0 Å². The highest BCUT2D eigenvalue weighted by Crippen LogP contribution is 2.31. The lowest BCUT2D eigenvalue weighted by atomic mass is 9.93. The number of nitrogens with one attached hydrogen (secondary N) is 1. The Hall–Kier alpha value is -1.94. The Morgan fingerprint density at radius 2 is 1.95 bits per heavy atom. The van der Waals surface area contributed by atoms with Crippen LogP contribution in [0.2, 0.25) is 0 Å². The highest BCUT2D eigenvalue weighted by molar-refractivity contribution is 5.33. The molecular weight excluding hydrogens is 274 g/mol. The molecule has 0 spiro atoms. The molecule has 4 heteroatoms. The van der Waals surface area contributed by atoms with Crippen LogP contribution in [0, 0.1) is 0 Å². The van der Waals surface area contributed by atoms with Gasteiger partial charge in [0.25, 0.3) is 5.56 Å². The molecule has 1 aliphatic carbocycles. The minimum Gasteiger partial charge on any atom is -0.313 e. The summed E-state index contributed by atoms with van der Waals surface area (Å²) < 4.78 is 0. The van der Waals surface area contributed by atoms with Gasteiger partial charge in [-0.15, -0.1) is 0 Å². The van der Waals surface area contributed by atoms with Gasteiger partial charge in [0.05, 0.1) is 12.0 Å². The molecule has 4 rings (SSSR count). The van der Waals surface area contributed by atoms with Crippen LogP contribution in [0.4, 0.5) is 0 Å². The van der Waals surface area contributed by atoms with E-state index in [9.17, 15) is 4.79 Å². The van der Waals surface area contributed by atoms with Gasteiger partial charge in [-0.1, -0.05) is 24.3 Å². The summed E-state index contributed by atoms with van der Waals surface area (Å²) in [4.78, 5) is 21.1. The summed E-state index contributed by atoms with van der Waals surface area (Å²) >= 11 is 0. The SMILES string of the molecule is O=c1cc(C2CCCN(C3Cc4ccccc4C3)C2)nc[nH]1. The molecule has 2 heterocycles. The molecule has 114 valence electrons. The lowest BCUT2D eigenvalue weighted by molar-refractivity contribution is 0.151. The predicted molar refractivity (Wildman–Crippen MR) is 86.0 cm³/mol. The molecule has 1 aromatic carbocycles. The number of piperidine rings is 1. The number of hydrogen-bond acceptors (Lipinski definition) is 3. The van der Waals surface area contributed by atoms with Crippen LogP contribution >= 0.6 is 0 Å². The molecular formula is C18H21N3O. The molecule has 0 saturated carbocycles. The normalized spacial score (nSPS) is 22.6. The van der Waals surface area contributed by atoms with Crippen LogP contribution in [0.5, 0.6) is 0 Å². The van der Waals surface area contributed by atoms with Gasteiger partial charge in [-0.2, -0.15) is 0 Å². The molecule has 1 atom stereocenters. The van der Waals surface area contributed by atoms with Gasteiger partial charge in [0, 0.05) is 24.6 Å². The van der Waals surface area contributed by atoms with E-state index in [4.69, 9.17) is 0 Å². The smallest absolute Gasteiger partial charge is 0.250 e. The number of benzene rings is 1. The van der Waals surface area contributed by atoms with Crippen molar-refractivity contribution >= 4 is 0 Å². The van der Waals surface area contributed by atoms with Crippen molar-refractivity contribution in [3.63, 3.8) is 0 Å². The van der Waals surface area contributed by atoms with Gasteiger partial charge < -0.3 is 4.98 Å². The third-order valence-corrected chi connectivity index (χ3v) is 5.12. The molecule has 1 N–H and O–H groups in total. The molecule has 1 fully saturated rings. The van der Waals surface area contributed by atoms with Gasteiger partial charge in [0.15, 0.2) is 0 Å². The van der Waals surface area contributed by atoms with E-state index in [1.54, 1.807) is 6.07 Å². The minimum absolute atomic E-state index is 0.0459. The van der Waals surface area contributed by atoms with Crippen molar-refractivity contribution in [2.75, 3.05) is 13.1 Å². The van der Waals surface area contributed by atoms with Crippen molar-refractivity contribution in [1.82, 2.24) is 14.9 Å². The molecule has 1 aromatic heterocycles. The fourth-order valence-corrected chi connectivity index (χ4v) is 3.98. The highest BCUT2D eigenvalue weighted by atomic mass is 16.1. The number of likely N-dealkylation sites (tertiary alicyclic amines) is 1. The zero-order valence-electron chi connectivity index (χ0n) is 12.7. The number of H-pyrrole nitrogens is 1. The summed E-state index contributed by atoms with van der Waals surface area (Å²) in [7, 11) is 0. The van der Waals surface area contributed by atoms with E-state index in [2.05, 4.69) is 39.1 Å². The van der Waals surface area contributed by atoms with Gasteiger partial charge in [-0.25, -0.2) is 4.98 Å². The number of aromatic amines is 1. The van der Waals surface area contributed by atoms with Crippen LogP contribution in [-0.4, -0.2) is 34.0 Å². The van der Waals surface area contributed by atoms with E-state index in [-0.39, 0.29) is 5.56 Å². The Morgan fingerprint density at radius 1 is 1.18 bits per heavy atom. The zero-order valence-corrected chi connectivity index (χ0v) is 12.7. The lowest BCUT2D eigenvalue weighted by Crippen LogP contribution is -2.42. The monoisotopic (exact) mass is 295 g/mol. The Labute approximate surface area is 130 Å². The van der Waals surface area contributed by atoms with Crippen molar-refractivity contribution in [3.05, 3.63) is 63.8 Å². The topological polar surface area (TPSA) is 49.0 Å². The first-order valence-corrected chi connectivity index (χ1v) is 8.15. The number of rotatable bonds is 2. The summed E-state index contributed by atoms with van der Waals surface area (Å²) in [6, 6.07) is 11.1. The maximum absolute atomic E-state index is 11.5. The molecule has 1 saturated heterocycles. The van der Waals surface area contributed by atoms with Gasteiger partial charge in [-0.05, 0) is 43.4 Å². The van der Waals surface area contributed by atoms with Gasteiger partial charge >= 0.3 is 0 Å². The lowest BCUT2D eigenvalue weighted by Gasteiger charge is -2.36. The molecule has 0 amide bonds. The Kier molecular flexibility index (Phi) is 3.54.